The summed E-state index contributed by atoms with van der Waals surface area (Å²) in [4.78, 5) is 6.57. The molecule has 7 nitrogen and oxygen atoms in total. The molecule has 0 aliphatic rings. The standard InChI is InChI=1S/C14H8N2O.C14H11NO.C8H11O2P/c1-15-13-9-8-12(10-14(13)16-2)17-11-6-4-3-5-7-11;1-11-7-8-14(9-12(11)10-15)16-13-5-3-2-4-6-13;1-11(2,9)10-8-6-4-3-5-7-8/h3-10H;2-9H,1H3;3-7H,1-2H3. The van der Waals surface area contributed by atoms with Crippen molar-refractivity contribution >= 4 is 18.7 Å². The molecule has 44 heavy (non-hydrogen) atoms. The van der Waals surface area contributed by atoms with Gasteiger partial charge in [-0.2, -0.15) is 5.26 Å². The summed E-state index contributed by atoms with van der Waals surface area (Å²) in [5.74, 6) is 3.40. The second-order valence-electron chi connectivity index (χ2n) is 9.45. The monoisotopic (exact) mass is 599 g/mol. The van der Waals surface area contributed by atoms with Crippen molar-refractivity contribution < 1.29 is 18.6 Å². The first-order valence-electron chi connectivity index (χ1n) is 13.4. The number of para-hydroxylation sites is 3. The second-order valence-corrected chi connectivity index (χ2v) is 12.1. The summed E-state index contributed by atoms with van der Waals surface area (Å²) in [6.07, 6.45) is 0. The predicted molar refractivity (Wildman–Crippen MR) is 174 cm³/mol. The lowest BCUT2D eigenvalue weighted by Gasteiger charge is -2.08. The second kappa shape index (κ2) is 16.6. The van der Waals surface area contributed by atoms with Crippen molar-refractivity contribution in [2.75, 3.05) is 13.3 Å². The van der Waals surface area contributed by atoms with Crippen LogP contribution >= 0.6 is 7.37 Å². The Balaban J connectivity index is 0.000000185. The van der Waals surface area contributed by atoms with E-state index in [1.54, 1.807) is 49.7 Å². The Morgan fingerprint density at radius 3 is 1.52 bits per heavy atom. The third-order valence-electron chi connectivity index (χ3n) is 5.54. The van der Waals surface area contributed by atoms with E-state index in [0.29, 0.717) is 39.9 Å². The zero-order chi connectivity index (χ0) is 31.8. The summed E-state index contributed by atoms with van der Waals surface area (Å²) in [5, 5.41) is 8.90. The summed E-state index contributed by atoms with van der Waals surface area (Å²) >= 11 is 0. The molecule has 8 heteroatoms. The molecule has 0 saturated carbocycles. The van der Waals surface area contributed by atoms with E-state index in [2.05, 4.69) is 15.8 Å². The van der Waals surface area contributed by atoms with Crippen molar-refractivity contribution in [3.05, 3.63) is 161 Å². The molecular weight excluding hydrogens is 569 g/mol. The van der Waals surface area contributed by atoms with Gasteiger partial charge in [-0.3, -0.25) is 9.41 Å². The summed E-state index contributed by atoms with van der Waals surface area (Å²) < 4.78 is 27.5. The molecule has 0 fully saturated rings. The topological polar surface area (TPSA) is 77.3 Å². The van der Waals surface area contributed by atoms with Gasteiger partial charge in [-0.25, -0.2) is 4.85 Å². The van der Waals surface area contributed by atoms with E-state index in [1.807, 2.05) is 97.9 Å². The van der Waals surface area contributed by atoms with Crippen LogP contribution in [-0.4, -0.2) is 13.3 Å². The van der Waals surface area contributed by atoms with Crippen molar-refractivity contribution in [1.82, 2.24) is 0 Å². The average Bonchev–Trinajstić information content (AvgIpc) is 3.03. The molecule has 0 N–H and O–H groups in total. The molecule has 0 atom stereocenters. The van der Waals surface area contributed by atoms with Crippen LogP contribution < -0.4 is 14.0 Å². The van der Waals surface area contributed by atoms with E-state index in [0.717, 1.165) is 11.3 Å². The molecule has 0 heterocycles. The van der Waals surface area contributed by atoms with Gasteiger partial charge in [0.15, 0.2) is 11.4 Å². The van der Waals surface area contributed by atoms with Crippen molar-refractivity contribution in [3.8, 4) is 34.8 Å². The molecule has 0 amide bonds. The van der Waals surface area contributed by atoms with Gasteiger partial charge in [0.05, 0.1) is 24.8 Å². The number of rotatable bonds is 6. The highest BCUT2D eigenvalue weighted by atomic mass is 31.2. The minimum Gasteiger partial charge on any atom is -0.459 e. The molecule has 0 spiro atoms. The lowest BCUT2D eigenvalue weighted by molar-refractivity contribution is 0.482. The summed E-state index contributed by atoms with van der Waals surface area (Å²) in [6, 6.07) is 40.5. The molecule has 5 aromatic carbocycles. The maximum atomic E-state index is 11.2. The third kappa shape index (κ3) is 11.2. The fourth-order valence-corrected chi connectivity index (χ4v) is 4.15. The number of nitrogens with zero attached hydrogens (tertiary/aromatic N) is 3. The lowest BCUT2D eigenvalue weighted by atomic mass is 10.1. The van der Waals surface area contributed by atoms with Crippen LogP contribution in [0.1, 0.15) is 11.1 Å². The van der Waals surface area contributed by atoms with Crippen molar-refractivity contribution in [2.45, 2.75) is 6.92 Å². The van der Waals surface area contributed by atoms with Crippen LogP contribution in [0.15, 0.2) is 127 Å². The van der Waals surface area contributed by atoms with Crippen LogP contribution in [0, 0.1) is 31.4 Å². The molecule has 0 aromatic heterocycles. The van der Waals surface area contributed by atoms with Gasteiger partial charge in [0, 0.05) is 13.3 Å². The molecule has 0 radical (unpaired) electrons. The first kappa shape index (κ1) is 32.7. The van der Waals surface area contributed by atoms with Crippen LogP contribution in [0.3, 0.4) is 0 Å². The van der Waals surface area contributed by atoms with Crippen molar-refractivity contribution in [1.29, 1.82) is 5.26 Å². The molecule has 0 aliphatic carbocycles. The molecule has 0 bridgehead atoms. The molecule has 5 rings (SSSR count). The van der Waals surface area contributed by atoms with E-state index < -0.39 is 7.37 Å². The maximum Gasteiger partial charge on any atom is 0.242 e. The van der Waals surface area contributed by atoms with Crippen molar-refractivity contribution in [3.63, 3.8) is 0 Å². The predicted octanol–water partition coefficient (Wildman–Crippen LogP) is 10.8. The van der Waals surface area contributed by atoms with Crippen LogP contribution in [0.4, 0.5) is 11.4 Å². The Labute approximate surface area is 258 Å². The normalized spacial score (nSPS) is 9.73. The Kier molecular flexibility index (Phi) is 12.3. The Bertz CT molecular complexity index is 1820. The van der Waals surface area contributed by atoms with E-state index in [4.69, 9.17) is 32.4 Å². The van der Waals surface area contributed by atoms with E-state index in [-0.39, 0.29) is 0 Å². The Morgan fingerprint density at radius 1 is 0.614 bits per heavy atom. The van der Waals surface area contributed by atoms with Gasteiger partial charge in [0.2, 0.25) is 7.37 Å². The molecule has 0 saturated heterocycles. The van der Waals surface area contributed by atoms with Gasteiger partial charge in [0.1, 0.15) is 28.7 Å². The smallest absolute Gasteiger partial charge is 0.242 e. The molecule has 5 aromatic rings. The Morgan fingerprint density at radius 2 is 1.07 bits per heavy atom. The van der Waals surface area contributed by atoms with Crippen LogP contribution in [0.25, 0.3) is 9.69 Å². The van der Waals surface area contributed by atoms with Crippen molar-refractivity contribution in [2.24, 2.45) is 0 Å². The maximum absolute atomic E-state index is 11.2. The van der Waals surface area contributed by atoms with Gasteiger partial charge < -0.3 is 14.0 Å². The van der Waals surface area contributed by atoms with Gasteiger partial charge >= 0.3 is 0 Å². The van der Waals surface area contributed by atoms with Crippen LogP contribution in [-0.2, 0) is 4.57 Å². The zero-order valence-corrected chi connectivity index (χ0v) is 25.4. The van der Waals surface area contributed by atoms with Gasteiger partial charge in [-0.15, -0.1) is 0 Å². The highest BCUT2D eigenvalue weighted by Gasteiger charge is 2.07. The third-order valence-corrected chi connectivity index (χ3v) is 6.19. The summed E-state index contributed by atoms with van der Waals surface area (Å²) in [5.41, 5.74) is 2.27. The number of benzene rings is 5. The summed E-state index contributed by atoms with van der Waals surface area (Å²) in [6.45, 7) is 19.0. The minimum atomic E-state index is -2.39. The number of nitriles is 1. The minimum absolute atomic E-state index is 0.313. The van der Waals surface area contributed by atoms with Gasteiger partial charge in [-0.05, 0) is 73.2 Å². The molecule has 0 aliphatic heterocycles. The van der Waals surface area contributed by atoms with E-state index >= 15 is 0 Å². The fourth-order valence-electron chi connectivity index (χ4n) is 3.52. The first-order valence-corrected chi connectivity index (χ1v) is 15.9. The largest absolute Gasteiger partial charge is 0.459 e. The SMILES string of the molecule is CP(C)(=O)Oc1ccccc1.Cc1ccc(Oc2ccccc2)cc1C#N.[C-]#[N+]c1ccc(Oc2ccccc2)cc1[N+]#[C-]. The number of aryl methyl sites for hydroxylation is 1. The fraction of sp³-hybridized carbons (Fsp3) is 0.0833. The van der Waals surface area contributed by atoms with Gasteiger partial charge in [-0.1, -0.05) is 66.7 Å². The van der Waals surface area contributed by atoms with Gasteiger partial charge in [0.25, 0.3) is 0 Å². The first-order chi connectivity index (χ1) is 21.2. The van der Waals surface area contributed by atoms with E-state index in [9.17, 15) is 4.57 Å². The Hall–Kier alpha value is -5.80. The molecule has 0 unspecified atom stereocenters. The number of hydrogen-bond acceptors (Lipinski definition) is 5. The quantitative estimate of drug-likeness (QED) is 0.143. The van der Waals surface area contributed by atoms with Crippen LogP contribution in [0.5, 0.6) is 28.7 Å². The summed E-state index contributed by atoms with van der Waals surface area (Å²) in [7, 11) is -2.39. The average molecular weight is 600 g/mol. The van der Waals surface area contributed by atoms with Crippen LogP contribution in [0.2, 0.25) is 0 Å². The highest BCUT2D eigenvalue weighted by Crippen LogP contribution is 2.38. The number of hydrogen-bond donors (Lipinski definition) is 0. The van der Waals surface area contributed by atoms with E-state index in [1.165, 1.54) is 0 Å². The zero-order valence-electron chi connectivity index (χ0n) is 24.5. The number of ether oxygens (including phenoxy) is 2. The molecular formula is C36H30N3O4P. The lowest BCUT2D eigenvalue weighted by Crippen LogP contribution is -1.87. The molecule has 218 valence electrons. The highest BCUT2D eigenvalue weighted by molar-refractivity contribution is 7.57.